The highest BCUT2D eigenvalue weighted by Crippen LogP contribution is 2.32. The molecule has 3 N–H and O–H groups in total. The predicted octanol–water partition coefficient (Wildman–Crippen LogP) is 1.14. The third-order valence-corrected chi connectivity index (χ3v) is 5.00. The number of likely N-dealkylation sites (N-methyl/N-ethyl adjacent to an activating group) is 2. The number of sulfonamides is 1. The van der Waals surface area contributed by atoms with Crippen molar-refractivity contribution < 1.29 is 8.42 Å². The molecule has 0 atom stereocenters. The lowest BCUT2D eigenvalue weighted by molar-refractivity contribution is 0.598. The number of nitrogens with one attached hydrogen (secondary N) is 1. The normalized spacial score (nSPS) is 14.4. The van der Waals surface area contributed by atoms with Gasteiger partial charge in [0.2, 0.25) is 16.0 Å². The van der Waals surface area contributed by atoms with Crippen LogP contribution in [0.5, 0.6) is 0 Å². The van der Waals surface area contributed by atoms with Crippen LogP contribution in [0.2, 0.25) is 0 Å². The van der Waals surface area contributed by atoms with Gasteiger partial charge in [0, 0.05) is 26.3 Å². The van der Waals surface area contributed by atoms with Crippen molar-refractivity contribution in [1.29, 1.82) is 0 Å². The van der Waals surface area contributed by atoms with E-state index in [-0.39, 0.29) is 4.90 Å². The smallest absolute Gasteiger partial charge is 0.238 e. The summed E-state index contributed by atoms with van der Waals surface area (Å²) in [4.78, 5) is 13.0. The van der Waals surface area contributed by atoms with Crippen LogP contribution in [-0.2, 0) is 16.6 Å². The lowest BCUT2D eigenvalue weighted by Gasteiger charge is -2.34. The molecule has 0 bridgehead atoms. The fourth-order valence-electron chi connectivity index (χ4n) is 2.57. The number of benzene rings is 1. The Kier molecular flexibility index (Phi) is 4.36. The largest absolute Gasteiger partial charge is 0.352 e. The van der Waals surface area contributed by atoms with Crippen LogP contribution in [0.3, 0.4) is 0 Å². The number of fused-ring (bicyclic) bond motifs is 1. The Morgan fingerprint density at radius 2 is 1.96 bits per heavy atom. The van der Waals surface area contributed by atoms with Crippen molar-refractivity contribution in [2.75, 3.05) is 35.8 Å². The fourth-order valence-corrected chi connectivity index (χ4v) is 3.09. The first-order chi connectivity index (χ1) is 11.8. The van der Waals surface area contributed by atoms with Crippen molar-refractivity contribution in [3.05, 3.63) is 48.3 Å². The minimum Gasteiger partial charge on any atom is -0.352 e. The summed E-state index contributed by atoms with van der Waals surface area (Å²) in [6.45, 7) is 5.20. The molecule has 0 aliphatic carbocycles. The molecule has 0 amide bonds. The predicted molar refractivity (Wildman–Crippen MR) is 98.0 cm³/mol. The van der Waals surface area contributed by atoms with Gasteiger partial charge < -0.3 is 15.1 Å². The summed E-state index contributed by atoms with van der Waals surface area (Å²) in [5.74, 6) is 1.33. The summed E-state index contributed by atoms with van der Waals surface area (Å²) in [6.07, 6.45) is 1.76. The van der Waals surface area contributed by atoms with Gasteiger partial charge in [0.1, 0.15) is 5.69 Å². The maximum Gasteiger partial charge on any atom is 0.238 e. The van der Waals surface area contributed by atoms with Gasteiger partial charge in [-0.3, -0.25) is 0 Å². The molecule has 0 spiro atoms. The molecule has 0 fully saturated rings. The van der Waals surface area contributed by atoms with E-state index in [9.17, 15) is 8.42 Å². The molecule has 0 saturated heterocycles. The number of rotatable bonds is 4. The van der Waals surface area contributed by atoms with Gasteiger partial charge in [-0.2, -0.15) is 4.98 Å². The zero-order valence-electron chi connectivity index (χ0n) is 14.1. The van der Waals surface area contributed by atoms with Crippen LogP contribution in [0.1, 0.15) is 5.56 Å². The van der Waals surface area contributed by atoms with Crippen LogP contribution >= 0.6 is 0 Å². The molecule has 0 unspecified atom stereocenters. The lowest BCUT2D eigenvalue weighted by Crippen LogP contribution is -2.35. The van der Waals surface area contributed by atoms with Gasteiger partial charge in [-0.1, -0.05) is 18.7 Å². The van der Waals surface area contributed by atoms with E-state index in [0.29, 0.717) is 19.0 Å². The van der Waals surface area contributed by atoms with Gasteiger partial charge in [0.15, 0.2) is 5.82 Å². The van der Waals surface area contributed by atoms with E-state index in [1.165, 1.54) is 12.1 Å². The lowest BCUT2D eigenvalue weighted by atomic mass is 10.2. The van der Waals surface area contributed by atoms with Gasteiger partial charge >= 0.3 is 0 Å². The van der Waals surface area contributed by atoms with Crippen molar-refractivity contribution >= 4 is 27.5 Å². The monoisotopic (exact) mass is 360 g/mol. The van der Waals surface area contributed by atoms with Crippen LogP contribution < -0.4 is 20.3 Å². The quantitative estimate of drug-likeness (QED) is 0.842. The summed E-state index contributed by atoms with van der Waals surface area (Å²) >= 11 is 0. The van der Waals surface area contributed by atoms with Crippen LogP contribution in [0.4, 0.5) is 17.5 Å². The molecule has 2 aromatic rings. The maximum atomic E-state index is 11.3. The highest BCUT2D eigenvalue weighted by molar-refractivity contribution is 7.89. The van der Waals surface area contributed by atoms with Gasteiger partial charge in [-0.25, -0.2) is 18.5 Å². The molecule has 2 heterocycles. The number of hydrogen-bond donors (Lipinski definition) is 2. The molecule has 132 valence electrons. The first-order valence-electron chi connectivity index (χ1n) is 7.61. The van der Waals surface area contributed by atoms with E-state index in [1.54, 1.807) is 18.3 Å². The Hall–Kier alpha value is -2.65. The van der Waals surface area contributed by atoms with Gasteiger partial charge in [-0.05, 0) is 17.7 Å². The molecule has 1 aliphatic rings. The number of hydrogen-bond acceptors (Lipinski definition) is 7. The number of aromatic nitrogens is 2. The summed E-state index contributed by atoms with van der Waals surface area (Å²) in [5.41, 5.74) is 2.78. The van der Waals surface area contributed by atoms with E-state index < -0.39 is 10.0 Å². The highest BCUT2D eigenvalue weighted by Gasteiger charge is 2.22. The molecular formula is C16H20N6O2S. The van der Waals surface area contributed by atoms with Gasteiger partial charge in [-0.15, -0.1) is 0 Å². The van der Waals surface area contributed by atoms with E-state index in [0.717, 1.165) is 22.8 Å². The average Bonchev–Trinajstić information content (AvgIpc) is 2.57. The molecular weight excluding hydrogens is 340 g/mol. The van der Waals surface area contributed by atoms with Crippen molar-refractivity contribution in [3.8, 4) is 0 Å². The number of nitrogens with two attached hydrogens (primary N) is 1. The summed E-state index contributed by atoms with van der Waals surface area (Å²) < 4.78 is 22.5. The topological polar surface area (TPSA) is 104 Å². The molecule has 1 aromatic carbocycles. The fraction of sp³-hybridized carbons (Fsp3) is 0.250. The summed E-state index contributed by atoms with van der Waals surface area (Å²) in [7, 11) is 0.225. The number of nitrogens with zero attached hydrogens (tertiary/aromatic N) is 4. The second-order valence-electron chi connectivity index (χ2n) is 5.93. The third kappa shape index (κ3) is 3.57. The first kappa shape index (κ1) is 17.2. The minimum atomic E-state index is -3.68. The Balaban J connectivity index is 1.74. The molecule has 0 saturated carbocycles. The Morgan fingerprint density at radius 1 is 1.28 bits per heavy atom. The van der Waals surface area contributed by atoms with Gasteiger partial charge in [0.25, 0.3) is 0 Å². The van der Waals surface area contributed by atoms with E-state index in [4.69, 9.17) is 5.14 Å². The molecule has 3 rings (SSSR count). The SMILES string of the molecule is C=C1CN(C)c2nc(NCc3ccc(S(N)(=O)=O)cc3)ncc2N1C. The Bertz CT molecular complexity index is 911. The standard InChI is InChI=1S/C16H20N6O2S/c1-11-10-21(2)15-14(22(11)3)9-19-16(20-15)18-8-12-4-6-13(7-5-12)25(17,23)24/h4-7,9H,1,8,10H2,2-3H3,(H2,17,23,24)(H,18,19,20). The molecule has 9 heteroatoms. The van der Waals surface area contributed by atoms with E-state index >= 15 is 0 Å². The van der Waals surface area contributed by atoms with Crippen LogP contribution in [0.15, 0.2) is 47.6 Å². The Morgan fingerprint density at radius 3 is 2.60 bits per heavy atom. The number of anilines is 3. The van der Waals surface area contributed by atoms with Crippen molar-refractivity contribution in [2.24, 2.45) is 5.14 Å². The van der Waals surface area contributed by atoms with E-state index in [2.05, 4.69) is 21.9 Å². The zero-order chi connectivity index (χ0) is 18.2. The van der Waals surface area contributed by atoms with Gasteiger partial charge in [0.05, 0.1) is 17.6 Å². The van der Waals surface area contributed by atoms with Crippen LogP contribution in [0, 0.1) is 0 Å². The second-order valence-corrected chi connectivity index (χ2v) is 7.49. The molecule has 1 aliphatic heterocycles. The second kappa shape index (κ2) is 6.34. The van der Waals surface area contributed by atoms with Crippen molar-refractivity contribution in [1.82, 2.24) is 9.97 Å². The zero-order valence-corrected chi connectivity index (χ0v) is 14.9. The first-order valence-corrected chi connectivity index (χ1v) is 9.15. The van der Waals surface area contributed by atoms with E-state index in [1.807, 2.05) is 23.9 Å². The maximum absolute atomic E-state index is 11.3. The van der Waals surface area contributed by atoms with Crippen LogP contribution in [0.25, 0.3) is 0 Å². The average molecular weight is 360 g/mol. The molecule has 0 radical (unpaired) electrons. The summed E-state index contributed by atoms with van der Waals surface area (Å²) in [5, 5.41) is 8.24. The highest BCUT2D eigenvalue weighted by atomic mass is 32.2. The van der Waals surface area contributed by atoms with Crippen molar-refractivity contribution in [3.63, 3.8) is 0 Å². The minimum absolute atomic E-state index is 0.0890. The molecule has 8 nitrogen and oxygen atoms in total. The number of primary sulfonamides is 1. The molecule has 1 aromatic heterocycles. The Labute approximate surface area is 147 Å². The molecule has 25 heavy (non-hydrogen) atoms. The summed E-state index contributed by atoms with van der Waals surface area (Å²) in [6, 6.07) is 6.37. The third-order valence-electron chi connectivity index (χ3n) is 4.07. The van der Waals surface area contributed by atoms with Crippen LogP contribution in [-0.4, -0.2) is 39.0 Å². The van der Waals surface area contributed by atoms with Crippen molar-refractivity contribution in [2.45, 2.75) is 11.4 Å².